The predicted octanol–water partition coefficient (Wildman–Crippen LogP) is 2.98. The molecule has 3 rings (SSSR count). The number of hydrogen-bond donors (Lipinski definition) is 2. The van der Waals surface area contributed by atoms with Crippen molar-refractivity contribution in [1.82, 2.24) is 5.32 Å². The van der Waals surface area contributed by atoms with E-state index in [1.165, 1.54) is 24.3 Å². The van der Waals surface area contributed by atoms with Crippen LogP contribution < -0.4 is 10.5 Å². The molecule has 0 atom stereocenters. The van der Waals surface area contributed by atoms with Gasteiger partial charge in [0.1, 0.15) is 0 Å². The summed E-state index contributed by atoms with van der Waals surface area (Å²) >= 11 is 0. The lowest BCUT2D eigenvalue weighted by Gasteiger charge is -2.09. The summed E-state index contributed by atoms with van der Waals surface area (Å²) < 4.78 is 28.3. The van der Waals surface area contributed by atoms with Crippen molar-refractivity contribution in [2.45, 2.75) is 24.7 Å². The predicted molar refractivity (Wildman–Crippen MR) is 110 cm³/mol. The summed E-state index contributed by atoms with van der Waals surface area (Å²) in [5, 5.41) is 7.88. The molecule has 0 aliphatic rings. The third-order valence-corrected chi connectivity index (χ3v) is 5.20. The fraction of sp³-hybridized carbons (Fsp3) is 0.136. The Labute approximate surface area is 170 Å². The maximum atomic E-state index is 12.3. The minimum Gasteiger partial charge on any atom is -0.372 e. The second-order valence-electron chi connectivity index (χ2n) is 6.55. The van der Waals surface area contributed by atoms with E-state index in [0.717, 1.165) is 16.7 Å². The first kappa shape index (κ1) is 20.7. The fourth-order valence-corrected chi connectivity index (χ4v) is 3.29. The molecule has 0 spiro atoms. The summed E-state index contributed by atoms with van der Waals surface area (Å²) in [6.07, 6.45) is 0. The Morgan fingerprint density at radius 3 is 2.14 bits per heavy atom. The second kappa shape index (κ2) is 9.47. The van der Waals surface area contributed by atoms with Crippen LogP contribution in [0.3, 0.4) is 0 Å². The number of sulfonamides is 1. The number of nitrogens with one attached hydrogen (secondary N) is 1. The summed E-state index contributed by atoms with van der Waals surface area (Å²) in [6, 6.07) is 23.2. The molecule has 0 aliphatic carbocycles. The average Bonchev–Trinajstić information content (AvgIpc) is 2.72. The van der Waals surface area contributed by atoms with Crippen molar-refractivity contribution in [3.63, 3.8) is 0 Å². The highest BCUT2D eigenvalue weighted by molar-refractivity contribution is 7.89. The average molecular weight is 410 g/mol. The maximum Gasteiger partial charge on any atom is 0.251 e. The monoisotopic (exact) mass is 410 g/mol. The number of primary sulfonamides is 1. The van der Waals surface area contributed by atoms with Gasteiger partial charge in [-0.2, -0.15) is 0 Å². The van der Waals surface area contributed by atoms with Crippen molar-refractivity contribution < 1.29 is 17.9 Å². The van der Waals surface area contributed by atoms with E-state index in [0.29, 0.717) is 25.3 Å². The number of hydrogen-bond acceptors (Lipinski definition) is 4. The van der Waals surface area contributed by atoms with Crippen molar-refractivity contribution in [3.05, 3.63) is 101 Å². The molecule has 0 aromatic heterocycles. The van der Waals surface area contributed by atoms with Gasteiger partial charge in [-0.3, -0.25) is 4.79 Å². The van der Waals surface area contributed by atoms with Crippen LogP contribution in [0.2, 0.25) is 0 Å². The quantitative estimate of drug-likeness (QED) is 0.596. The molecule has 29 heavy (non-hydrogen) atoms. The lowest BCUT2D eigenvalue weighted by atomic mass is 10.1. The van der Waals surface area contributed by atoms with E-state index in [1.54, 1.807) is 0 Å². The van der Waals surface area contributed by atoms with Gasteiger partial charge < -0.3 is 10.1 Å². The van der Waals surface area contributed by atoms with Crippen LogP contribution in [0.5, 0.6) is 0 Å². The first-order chi connectivity index (χ1) is 13.9. The van der Waals surface area contributed by atoms with Gasteiger partial charge in [-0.05, 0) is 41.0 Å². The molecule has 1 amide bonds. The number of carbonyl (C=O) groups is 1. The van der Waals surface area contributed by atoms with Crippen LogP contribution in [-0.4, -0.2) is 14.3 Å². The molecule has 0 bridgehead atoms. The molecule has 6 nitrogen and oxygen atoms in total. The van der Waals surface area contributed by atoms with Crippen LogP contribution >= 0.6 is 0 Å². The molecule has 0 aliphatic heterocycles. The van der Waals surface area contributed by atoms with Crippen molar-refractivity contribution >= 4 is 15.9 Å². The number of benzene rings is 3. The summed E-state index contributed by atoms with van der Waals surface area (Å²) in [7, 11) is -3.77. The number of nitrogens with two attached hydrogens (primary N) is 1. The molecule has 3 aromatic rings. The van der Waals surface area contributed by atoms with Gasteiger partial charge in [0, 0.05) is 12.1 Å². The van der Waals surface area contributed by atoms with Gasteiger partial charge >= 0.3 is 0 Å². The molecule has 0 unspecified atom stereocenters. The van der Waals surface area contributed by atoms with Gasteiger partial charge in [-0.1, -0.05) is 54.6 Å². The summed E-state index contributed by atoms with van der Waals surface area (Å²) in [4.78, 5) is 12.2. The second-order valence-corrected chi connectivity index (χ2v) is 8.11. The Morgan fingerprint density at radius 2 is 1.45 bits per heavy atom. The topological polar surface area (TPSA) is 98.5 Å². The van der Waals surface area contributed by atoms with Gasteiger partial charge in [-0.25, -0.2) is 13.6 Å². The van der Waals surface area contributed by atoms with Crippen LogP contribution in [-0.2, 0) is 34.5 Å². The van der Waals surface area contributed by atoms with Crippen molar-refractivity contribution in [2.75, 3.05) is 0 Å². The third kappa shape index (κ3) is 6.25. The zero-order chi connectivity index (χ0) is 20.7. The van der Waals surface area contributed by atoms with E-state index in [1.807, 2.05) is 54.6 Å². The number of amides is 1. The van der Waals surface area contributed by atoms with Crippen LogP contribution in [0.4, 0.5) is 0 Å². The fourth-order valence-electron chi connectivity index (χ4n) is 2.77. The van der Waals surface area contributed by atoms with E-state index in [2.05, 4.69) is 5.32 Å². The first-order valence-corrected chi connectivity index (χ1v) is 10.6. The maximum absolute atomic E-state index is 12.3. The zero-order valence-corrected chi connectivity index (χ0v) is 16.6. The SMILES string of the molecule is NS(=O)(=O)c1ccc(C(=O)NCc2cccc(COCc3ccccc3)c2)cc1. The minimum atomic E-state index is -3.77. The van der Waals surface area contributed by atoms with Gasteiger partial charge in [0.2, 0.25) is 10.0 Å². The van der Waals surface area contributed by atoms with Gasteiger partial charge in [-0.15, -0.1) is 0 Å². The highest BCUT2D eigenvalue weighted by Crippen LogP contribution is 2.11. The Kier molecular flexibility index (Phi) is 6.77. The Hall–Kier alpha value is -3.00. The largest absolute Gasteiger partial charge is 0.372 e. The number of rotatable bonds is 8. The smallest absolute Gasteiger partial charge is 0.251 e. The zero-order valence-electron chi connectivity index (χ0n) is 15.7. The van der Waals surface area contributed by atoms with E-state index in [9.17, 15) is 13.2 Å². The lowest BCUT2D eigenvalue weighted by molar-refractivity contribution is 0.0950. The van der Waals surface area contributed by atoms with Crippen LogP contribution in [0.15, 0.2) is 83.8 Å². The molecule has 0 heterocycles. The van der Waals surface area contributed by atoms with E-state index >= 15 is 0 Å². The van der Waals surface area contributed by atoms with Crippen molar-refractivity contribution in [1.29, 1.82) is 0 Å². The van der Waals surface area contributed by atoms with E-state index in [-0.39, 0.29) is 10.8 Å². The molecule has 7 heteroatoms. The molecule has 0 radical (unpaired) electrons. The highest BCUT2D eigenvalue weighted by atomic mass is 32.2. The van der Waals surface area contributed by atoms with Gasteiger partial charge in [0.25, 0.3) is 5.91 Å². The van der Waals surface area contributed by atoms with Gasteiger partial charge in [0.05, 0.1) is 18.1 Å². The summed E-state index contributed by atoms with van der Waals surface area (Å²) in [5.74, 6) is -0.295. The third-order valence-electron chi connectivity index (χ3n) is 4.27. The Balaban J connectivity index is 1.52. The van der Waals surface area contributed by atoms with Gasteiger partial charge in [0.15, 0.2) is 0 Å². The van der Waals surface area contributed by atoms with Crippen molar-refractivity contribution in [3.8, 4) is 0 Å². The van der Waals surface area contributed by atoms with E-state index < -0.39 is 10.0 Å². The Morgan fingerprint density at radius 1 is 0.828 bits per heavy atom. The molecule has 3 N–H and O–H groups in total. The van der Waals surface area contributed by atoms with E-state index in [4.69, 9.17) is 9.88 Å². The molecule has 0 saturated carbocycles. The van der Waals surface area contributed by atoms with Crippen LogP contribution in [0, 0.1) is 0 Å². The first-order valence-electron chi connectivity index (χ1n) is 9.02. The summed E-state index contributed by atoms with van der Waals surface area (Å²) in [6.45, 7) is 1.37. The van der Waals surface area contributed by atoms with Crippen LogP contribution in [0.25, 0.3) is 0 Å². The van der Waals surface area contributed by atoms with Crippen LogP contribution in [0.1, 0.15) is 27.0 Å². The standard InChI is InChI=1S/C22H22N2O4S/c23-29(26,27)21-11-9-20(10-12-21)22(25)24-14-18-7-4-8-19(13-18)16-28-15-17-5-2-1-3-6-17/h1-13H,14-16H2,(H,24,25)(H2,23,26,27). The number of carbonyl (C=O) groups excluding carboxylic acids is 1. The minimum absolute atomic E-state index is 0.0303. The normalized spacial score (nSPS) is 11.2. The highest BCUT2D eigenvalue weighted by Gasteiger charge is 2.10. The molecule has 0 saturated heterocycles. The molecular weight excluding hydrogens is 388 g/mol. The van der Waals surface area contributed by atoms with Crippen molar-refractivity contribution in [2.24, 2.45) is 5.14 Å². The molecule has 150 valence electrons. The lowest BCUT2D eigenvalue weighted by Crippen LogP contribution is -2.23. The molecule has 0 fully saturated rings. The number of ether oxygens (including phenoxy) is 1. The molecular formula is C22H22N2O4S. The molecule has 3 aromatic carbocycles. The summed E-state index contributed by atoms with van der Waals surface area (Å²) in [5.41, 5.74) is 3.44. The Bertz CT molecular complexity index is 1070.